The van der Waals surface area contributed by atoms with E-state index in [0.29, 0.717) is 12.2 Å². The second-order valence-electron chi connectivity index (χ2n) is 4.48. The van der Waals surface area contributed by atoms with Gasteiger partial charge in [0.25, 0.3) is 0 Å². The number of carboxylic acids is 1. The van der Waals surface area contributed by atoms with Crippen LogP contribution in [0.2, 0.25) is 0 Å². The first kappa shape index (κ1) is 12.4. The standard InChI is InChI=1S/C14H16N2O2/c1-9-5-4-6-10(2)13(9)8-16-11(3)12(7-15-16)14(17)18/h4-7H,8H2,1-3H3,(H,17,18). The quantitative estimate of drug-likeness (QED) is 0.902. The average Bonchev–Trinajstić information content (AvgIpc) is 2.66. The van der Waals surface area contributed by atoms with Crippen molar-refractivity contribution in [1.82, 2.24) is 9.78 Å². The fourth-order valence-electron chi connectivity index (χ4n) is 2.06. The van der Waals surface area contributed by atoms with E-state index in [4.69, 9.17) is 5.11 Å². The third-order valence-corrected chi connectivity index (χ3v) is 3.29. The summed E-state index contributed by atoms with van der Waals surface area (Å²) >= 11 is 0. The van der Waals surface area contributed by atoms with E-state index in [-0.39, 0.29) is 5.56 Å². The summed E-state index contributed by atoms with van der Waals surface area (Å²) < 4.78 is 1.73. The molecule has 0 aliphatic heterocycles. The fraction of sp³-hybridized carbons (Fsp3) is 0.286. The lowest BCUT2D eigenvalue weighted by atomic mass is 10.0. The molecule has 1 aromatic carbocycles. The number of rotatable bonds is 3. The van der Waals surface area contributed by atoms with Gasteiger partial charge >= 0.3 is 5.97 Å². The highest BCUT2D eigenvalue weighted by Gasteiger charge is 2.13. The molecule has 0 saturated carbocycles. The third-order valence-electron chi connectivity index (χ3n) is 3.29. The molecule has 0 aliphatic rings. The van der Waals surface area contributed by atoms with Crippen LogP contribution in [0.3, 0.4) is 0 Å². The van der Waals surface area contributed by atoms with Gasteiger partial charge < -0.3 is 5.11 Å². The van der Waals surface area contributed by atoms with Gasteiger partial charge in [-0.3, -0.25) is 4.68 Å². The predicted octanol–water partition coefficient (Wildman–Crippen LogP) is 2.55. The van der Waals surface area contributed by atoms with Gasteiger partial charge in [-0.2, -0.15) is 5.10 Å². The smallest absolute Gasteiger partial charge is 0.339 e. The van der Waals surface area contributed by atoms with Crippen molar-refractivity contribution >= 4 is 5.97 Å². The van der Waals surface area contributed by atoms with E-state index in [1.54, 1.807) is 11.6 Å². The van der Waals surface area contributed by atoms with E-state index in [2.05, 4.69) is 31.1 Å². The highest BCUT2D eigenvalue weighted by atomic mass is 16.4. The van der Waals surface area contributed by atoms with Crippen molar-refractivity contribution < 1.29 is 9.90 Å². The van der Waals surface area contributed by atoms with Gasteiger partial charge in [0, 0.05) is 0 Å². The van der Waals surface area contributed by atoms with Gasteiger partial charge in [-0.1, -0.05) is 18.2 Å². The summed E-state index contributed by atoms with van der Waals surface area (Å²) in [5, 5.41) is 13.2. The largest absolute Gasteiger partial charge is 0.478 e. The summed E-state index contributed by atoms with van der Waals surface area (Å²) in [7, 11) is 0. The van der Waals surface area contributed by atoms with Crippen molar-refractivity contribution in [2.45, 2.75) is 27.3 Å². The van der Waals surface area contributed by atoms with Gasteiger partial charge in [0.2, 0.25) is 0 Å². The molecule has 2 rings (SSSR count). The zero-order chi connectivity index (χ0) is 13.3. The molecular formula is C14H16N2O2. The summed E-state index contributed by atoms with van der Waals surface area (Å²) in [5.41, 5.74) is 4.54. The molecule has 1 N–H and O–H groups in total. The highest BCUT2D eigenvalue weighted by Crippen LogP contribution is 2.16. The van der Waals surface area contributed by atoms with Gasteiger partial charge in [0.1, 0.15) is 5.56 Å². The average molecular weight is 244 g/mol. The van der Waals surface area contributed by atoms with E-state index in [9.17, 15) is 4.79 Å². The number of benzene rings is 1. The number of hydrogen-bond acceptors (Lipinski definition) is 2. The van der Waals surface area contributed by atoms with Gasteiger partial charge in [-0.25, -0.2) is 4.79 Å². The Morgan fingerprint density at radius 1 is 1.28 bits per heavy atom. The Balaban J connectivity index is 2.38. The first-order chi connectivity index (χ1) is 8.50. The molecule has 94 valence electrons. The minimum atomic E-state index is -0.930. The molecule has 4 heteroatoms. The second kappa shape index (κ2) is 4.64. The van der Waals surface area contributed by atoms with Crippen LogP contribution in [0.15, 0.2) is 24.4 Å². The number of aromatic nitrogens is 2. The maximum absolute atomic E-state index is 11.0. The summed E-state index contributed by atoms with van der Waals surface area (Å²) in [4.78, 5) is 11.0. The molecule has 1 aromatic heterocycles. The van der Waals surface area contributed by atoms with E-state index in [1.807, 2.05) is 6.07 Å². The predicted molar refractivity (Wildman–Crippen MR) is 68.9 cm³/mol. The molecule has 0 fully saturated rings. The Labute approximate surface area is 106 Å². The Morgan fingerprint density at radius 2 is 1.89 bits per heavy atom. The maximum atomic E-state index is 11.0. The highest BCUT2D eigenvalue weighted by molar-refractivity contribution is 5.88. The van der Waals surface area contributed by atoms with Gasteiger partial charge in [-0.05, 0) is 37.5 Å². The van der Waals surface area contributed by atoms with Crippen LogP contribution in [0.4, 0.5) is 0 Å². The van der Waals surface area contributed by atoms with Crippen LogP contribution in [0.25, 0.3) is 0 Å². The van der Waals surface area contributed by atoms with Crippen LogP contribution < -0.4 is 0 Å². The number of carbonyl (C=O) groups is 1. The van der Waals surface area contributed by atoms with E-state index < -0.39 is 5.97 Å². The summed E-state index contributed by atoms with van der Waals surface area (Å²) in [6.07, 6.45) is 1.41. The molecule has 2 aromatic rings. The second-order valence-corrected chi connectivity index (χ2v) is 4.48. The van der Waals surface area contributed by atoms with Crippen molar-refractivity contribution in [3.63, 3.8) is 0 Å². The monoisotopic (exact) mass is 244 g/mol. The maximum Gasteiger partial charge on any atom is 0.339 e. The molecular weight excluding hydrogens is 228 g/mol. The van der Waals surface area contributed by atoms with Crippen molar-refractivity contribution in [2.24, 2.45) is 0 Å². The minimum absolute atomic E-state index is 0.265. The van der Waals surface area contributed by atoms with Crippen molar-refractivity contribution in [3.05, 3.63) is 52.3 Å². The Morgan fingerprint density at radius 3 is 2.39 bits per heavy atom. The Bertz CT molecular complexity index is 580. The van der Waals surface area contributed by atoms with Crippen LogP contribution in [-0.4, -0.2) is 20.9 Å². The molecule has 0 aliphatic carbocycles. The van der Waals surface area contributed by atoms with Gasteiger partial charge in [0.05, 0.1) is 18.4 Å². The first-order valence-electron chi connectivity index (χ1n) is 5.81. The number of aryl methyl sites for hydroxylation is 2. The molecule has 0 bridgehead atoms. The lowest BCUT2D eigenvalue weighted by Crippen LogP contribution is -2.08. The van der Waals surface area contributed by atoms with Crippen LogP contribution in [-0.2, 0) is 6.54 Å². The molecule has 0 amide bonds. The van der Waals surface area contributed by atoms with Crippen molar-refractivity contribution in [2.75, 3.05) is 0 Å². The third kappa shape index (κ3) is 2.14. The van der Waals surface area contributed by atoms with Crippen molar-refractivity contribution in [1.29, 1.82) is 0 Å². The van der Waals surface area contributed by atoms with Crippen LogP contribution in [0, 0.1) is 20.8 Å². The number of hydrogen-bond donors (Lipinski definition) is 1. The minimum Gasteiger partial charge on any atom is -0.478 e. The van der Waals surface area contributed by atoms with Gasteiger partial charge in [0.15, 0.2) is 0 Å². The summed E-state index contributed by atoms with van der Waals surface area (Å²) in [6, 6.07) is 6.13. The molecule has 0 radical (unpaired) electrons. The molecule has 0 unspecified atom stereocenters. The van der Waals surface area contributed by atoms with Crippen LogP contribution >= 0.6 is 0 Å². The first-order valence-corrected chi connectivity index (χ1v) is 5.81. The van der Waals surface area contributed by atoms with Gasteiger partial charge in [-0.15, -0.1) is 0 Å². The normalized spacial score (nSPS) is 10.6. The van der Waals surface area contributed by atoms with E-state index >= 15 is 0 Å². The molecule has 18 heavy (non-hydrogen) atoms. The zero-order valence-corrected chi connectivity index (χ0v) is 10.8. The lowest BCUT2D eigenvalue weighted by Gasteiger charge is -2.11. The topological polar surface area (TPSA) is 55.1 Å². The van der Waals surface area contributed by atoms with E-state index in [1.165, 1.54) is 22.9 Å². The number of aromatic carboxylic acids is 1. The van der Waals surface area contributed by atoms with Crippen molar-refractivity contribution in [3.8, 4) is 0 Å². The van der Waals surface area contributed by atoms with Crippen LogP contribution in [0.1, 0.15) is 32.7 Å². The molecule has 0 spiro atoms. The summed E-state index contributed by atoms with van der Waals surface area (Å²) in [6.45, 7) is 6.50. The zero-order valence-electron chi connectivity index (χ0n) is 10.8. The Hall–Kier alpha value is -2.10. The molecule has 1 heterocycles. The fourth-order valence-corrected chi connectivity index (χ4v) is 2.06. The number of carboxylic acid groups (broad SMARTS) is 1. The lowest BCUT2D eigenvalue weighted by molar-refractivity contribution is 0.0696. The number of nitrogens with zero attached hydrogens (tertiary/aromatic N) is 2. The SMILES string of the molecule is Cc1cccc(C)c1Cn1ncc(C(=O)O)c1C. The van der Waals surface area contributed by atoms with Crippen LogP contribution in [0.5, 0.6) is 0 Å². The molecule has 0 atom stereocenters. The van der Waals surface area contributed by atoms with E-state index in [0.717, 1.165) is 0 Å². The molecule has 4 nitrogen and oxygen atoms in total. The Kier molecular flexibility index (Phi) is 3.19. The molecule has 0 saturated heterocycles. The summed E-state index contributed by atoms with van der Waals surface area (Å²) in [5.74, 6) is -0.930.